The van der Waals surface area contributed by atoms with Gasteiger partial charge in [-0.1, -0.05) is 18.2 Å². The standard InChI is InChI=1S/C23H21F4N5O4S/c1-36-10-9-30-21(34)18(12-5-7-14(24)8-6-12)32(15-4-2-3-13(11-15)23(25,26)27)22(35)19-16(28)17(20(29)33)31-37-19/h2-8,11,18H,9-10,28H2,1H3,(H2,29,33)(H,30,34). The quantitative estimate of drug-likeness (QED) is 0.282. The smallest absolute Gasteiger partial charge is 0.395 e. The fraction of sp³-hybridized carbons (Fsp3) is 0.217. The van der Waals surface area contributed by atoms with Crippen molar-refractivity contribution in [2.75, 3.05) is 30.9 Å². The molecule has 5 N–H and O–H groups in total. The lowest BCUT2D eigenvalue weighted by molar-refractivity contribution is -0.137. The van der Waals surface area contributed by atoms with Gasteiger partial charge in [0, 0.05) is 19.3 Å². The Bertz CT molecular complexity index is 1300. The highest BCUT2D eigenvalue weighted by atomic mass is 32.1. The lowest BCUT2D eigenvalue weighted by Gasteiger charge is -2.31. The van der Waals surface area contributed by atoms with Gasteiger partial charge in [-0.15, -0.1) is 0 Å². The van der Waals surface area contributed by atoms with E-state index in [0.29, 0.717) is 17.6 Å². The van der Waals surface area contributed by atoms with Crippen LogP contribution >= 0.6 is 11.5 Å². The number of anilines is 2. The largest absolute Gasteiger partial charge is 0.416 e. The predicted molar refractivity (Wildman–Crippen MR) is 127 cm³/mol. The van der Waals surface area contributed by atoms with E-state index in [1.54, 1.807) is 0 Å². The van der Waals surface area contributed by atoms with Gasteiger partial charge in [-0.25, -0.2) is 4.39 Å². The molecule has 37 heavy (non-hydrogen) atoms. The third-order valence-corrected chi connectivity index (χ3v) is 5.97. The summed E-state index contributed by atoms with van der Waals surface area (Å²) in [6.07, 6.45) is -4.76. The Morgan fingerprint density at radius 2 is 1.84 bits per heavy atom. The molecule has 3 rings (SSSR count). The Hall–Kier alpha value is -4.04. The van der Waals surface area contributed by atoms with Crippen LogP contribution in [-0.2, 0) is 15.7 Å². The zero-order chi connectivity index (χ0) is 27.3. The maximum atomic E-state index is 13.8. The van der Waals surface area contributed by atoms with Gasteiger partial charge in [-0.2, -0.15) is 17.5 Å². The summed E-state index contributed by atoms with van der Waals surface area (Å²) in [5.41, 5.74) is 9.02. The molecule has 3 amide bonds. The summed E-state index contributed by atoms with van der Waals surface area (Å²) in [4.78, 5) is 39.2. The fourth-order valence-electron chi connectivity index (χ4n) is 3.39. The van der Waals surface area contributed by atoms with Crippen molar-refractivity contribution < 1.29 is 36.7 Å². The third-order valence-electron chi connectivity index (χ3n) is 5.12. The normalized spacial score (nSPS) is 12.1. The Morgan fingerprint density at radius 1 is 1.16 bits per heavy atom. The van der Waals surface area contributed by atoms with Crippen LogP contribution in [0.4, 0.5) is 28.9 Å². The second kappa shape index (κ2) is 11.3. The molecule has 0 spiro atoms. The summed E-state index contributed by atoms with van der Waals surface area (Å²) in [5.74, 6) is -3.49. The minimum atomic E-state index is -4.76. The van der Waals surface area contributed by atoms with Crippen LogP contribution in [0.3, 0.4) is 0 Å². The highest BCUT2D eigenvalue weighted by Crippen LogP contribution is 2.37. The molecule has 0 saturated heterocycles. The Morgan fingerprint density at radius 3 is 2.41 bits per heavy atom. The number of ether oxygens (including phenoxy) is 1. The first-order valence-corrected chi connectivity index (χ1v) is 11.3. The molecular formula is C23H21F4N5O4S. The maximum Gasteiger partial charge on any atom is 0.416 e. The fourth-order valence-corrected chi connectivity index (χ4v) is 4.13. The van der Waals surface area contributed by atoms with E-state index in [0.717, 1.165) is 29.2 Å². The van der Waals surface area contributed by atoms with E-state index < -0.39 is 52.7 Å². The third kappa shape index (κ3) is 6.21. The number of hydrogen-bond acceptors (Lipinski definition) is 7. The number of halogens is 4. The van der Waals surface area contributed by atoms with Gasteiger partial charge in [0.25, 0.3) is 11.8 Å². The van der Waals surface area contributed by atoms with E-state index in [1.165, 1.54) is 25.3 Å². The predicted octanol–water partition coefficient (Wildman–Crippen LogP) is 3.13. The second-order valence-corrected chi connectivity index (χ2v) is 8.37. The zero-order valence-electron chi connectivity index (χ0n) is 19.2. The molecule has 3 aromatic rings. The van der Waals surface area contributed by atoms with Crippen LogP contribution in [0.15, 0.2) is 48.5 Å². The lowest BCUT2D eigenvalue weighted by atomic mass is 10.0. The van der Waals surface area contributed by atoms with Crippen LogP contribution in [0.1, 0.15) is 37.3 Å². The Labute approximate surface area is 212 Å². The molecule has 0 saturated carbocycles. The van der Waals surface area contributed by atoms with Gasteiger partial charge in [0.15, 0.2) is 5.69 Å². The molecule has 0 aliphatic carbocycles. The number of rotatable bonds is 9. The van der Waals surface area contributed by atoms with Gasteiger partial charge in [-0.3, -0.25) is 19.3 Å². The number of methoxy groups -OCH3 is 1. The first-order valence-electron chi connectivity index (χ1n) is 10.5. The minimum absolute atomic E-state index is 0.00612. The highest BCUT2D eigenvalue weighted by Gasteiger charge is 2.38. The molecule has 1 aromatic heterocycles. The summed E-state index contributed by atoms with van der Waals surface area (Å²) in [6.45, 7) is 0.106. The van der Waals surface area contributed by atoms with Crippen molar-refractivity contribution in [1.82, 2.24) is 9.69 Å². The Kier molecular flexibility index (Phi) is 8.45. The number of nitrogens with zero attached hydrogens (tertiary/aromatic N) is 2. The van der Waals surface area contributed by atoms with Crippen molar-refractivity contribution in [3.05, 3.63) is 76.0 Å². The van der Waals surface area contributed by atoms with Gasteiger partial charge in [0.1, 0.15) is 16.7 Å². The zero-order valence-corrected chi connectivity index (χ0v) is 20.0. The van der Waals surface area contributed by atoms with Crippen molar-refractivity contribution >= 4 is 40.6 Å². The summed E-state index contributed by atoms with van der Waals surface area (Å²) in [5, 5.41) is 2.54. The maximum absolute atomic E-state index is 13.8. The number of alkyl halides is 3. The summed E-state index contributed by atoms with van der Waals surface area (Å²) in [6, 6.07) is 6.66. The summed E-state index contributed by atoms with van der Waals surface area (Å²) < 4.78 is 62.9. The molecule has 1 unspecified atom stereocenters. The van der Waals surface area contributed by atoms with E-state index in [1.807, 2.05) is 0 Å². The second-order valence-electron chi connectivity index (χ2n) is 7.60. The topological polar surface area (TPSA) is 141 Å². The molecule has 0 aliphatic rings. The van der Waals surface area contributed by atoms with Crippen LogP contribution < -0.4 is 21.7 Å². The number of primary amides is 1. The van der Waals surface area contributed by atoms with Crippen LogP contribution in [-0.4, -0.2) is 42.4 Å². The van der Waals surface area contributed by atoms with E-state index in [9.17, 15) is 31.9 Å². The molecule has 0 aliphatic heterocycles. The van der Waals surface area contributed by atoms with E-state index in [-0.39, 0.29) is 29.3 Å². The van der Waals surface area contributed by atoms with Crippen LogP contribution in [0.25, 0.3) is 0 Å². The number of hydrogen-bond donors (Lipinski definition) is 3. The molecule has 9 nitrogen and oxygen atoms in total. The van der Waals surface area contributed by atoms with Crippen molar-refractivity contribution in [2.45, 2.75) is 12.2 Å². The number of carbonyl (C=O) groups is 3. The number of amides is 3. The first kappa shape index (κ1) is 27.5. The van der Waals surface area contributed by atoms with Crippen molar-refractivity contribution in [1.29, 1.82) is 0 Å². The number of nitrogens with one attached hydrogen (secondary N) is 1. The lowest BCUT2D eigenvalue weighted by Crippen LogP contribution is -2.44. The molecule has 1 atom stereocenters. The molecule has 2 aromatic carbocycles. The van der Waals surface area contributed by atoms with Crippen LogP contribution in [0.5, 0.6) is 0 Å². The van der Waals surface area contributed by atoms with E-state index in [4.69, 9.17) is 16.2 Å². The Balaban J connectivity index is 2.24. The molecule has 1 heterocycles. The number of aromatic nitrogens is 1. The van der Waals surface area contributed by atoms with Gasteiger partial charge < -0.3 is 21.5 Å². The number of benzene rings is 2. The molecule has 0 fully saturated rings. The molecule has 0 radical (unpaired) electrons. The van der Waals surface area contributed by atoms with Gasteiger partial charge in [0.2, 0.25) is 5.91 Å². The first-order chi connectivity index (χ1) is 17.5. The monoisotopic (exact) mass is 539 g/mol. The van der Waals surface area contributed by atoms with Gasteiger partial charge >= 0.3 is 6.18 Å². The minimum Gasteiger partial charge on any atom is -0.395 e. The number of carbonyl (C=O) groups excluding carboxylic acids is 3. The molecule has 196 valence electrons. The average Bonchev–Trinajstić information content (AvgIpc) is 3.24. The van der Waals surface area contributed by atoms with E-state index >= 15 is 0 Å². The molecular weight excluding hydrogens is 518 g/mol. The highest BCUT2D eigenvalue weighted by molar-refractivity contribution is 7.09. The summed E-state index contributed by atoms with van der Waals surface area (Å²) >= 11 is 0.493. The molecule has 0 bridgehead atoms. The van der Waals surface area contributed by atoms with Crippen LogP contribution in [0, 0.1) is 5.82 Å². The van der Waals surface area contributed by atoms with E-state index in [2.05, 4.69) is 9.69 Å². The SMILES string of the molecule is COCCNC(=O)C(c1ccc(F)cc1)N(C(=O)c1snc(C(N)=O)c1N)c1cccc(C(F)(F)F)c1. The molecule has 14 heteroatoms. The van der Waals surface area contributed by atoms with Gasteiger partial charge in [-0.05, 0) is 47.4 Å². The number of nitrogens with two attached hydrogens (primary N) is 2. The van der Waals surface area contributed by atoms with Crippen molar-refractivity contribution in [3.63, 3.8) is 0 Å². The van der Waals surface area contributed by atoms with Crippen molar-refractivity contribution in [2.24, 2.45) is 5.73 Å². The van der Waals surface area contributed by atoms with Crippen molar-refractivity contribution in [3.8, 4) is 0 Å². The van der Waals surface area contributed by atoms with Crippen LogP contribution in [0.2, 0.25) is 0 Å². The number of nitrogen functional groups attached to an aromatic ring is 1. The van der Waals surface area contributed by atoms with Gasteiger partial charge in [0.05, 0.1) is 17.9 Å². The summed E-state index contributed by atoms with van der Waals surface area (Å²) in [7, 11) is 1.39. The average molecular weight is 540 g/mol.